The Morgan fingerprint density at radius 3 is 3.00 bits per heavy atom. The monoisotopic (exact) mass is 254 g/mol. The quantitative estimate of drug-likeness (QED) is 0.814. The van der Waals surface area contributed by atoms with Gasteiger partial charge in [0.25, 0.3) is 0 Å². The molecule has 1 unspecified atom stereocenters. The van der Waals surface area contributed by atoms with E-state index >= 15 is 0 Å². The van der Waals surface area contributed by atoms with Gasteiger partial charge in [0.05, 0.1) is 6.61 Å². The molecule has 0 bridgehead atoms. The van der Waals surface area contributed by atoms with Crippen molar-refractivity contribution < 1.29 is 5.11 Å². The van der Waals surface area contributed by atoms with Gasteiger partial charge in [-0.05, 0) is 43.1 Å². The Morgan fingerprint density at radius 1 is 1.41 bits per heavy atom. The van der Waals surface area contributed by atoms with Crippen LogP contribution in [0.15, 0.2) is 18.2 Å². The number of nitrogen functional groups attached to an aromatic ring is 1. The van der Waals surface area contributed by atoms with Crippen molar-refractivity contribution in [1.29, 1.82) is 0 Å². The summed E-state index contributed by atoms with van der Waals surface area (Å²) in [5.74, 6) is 0. The maximum Gasteiger partial charge on any atom is 0.0586 e. The summed E-state index contributed by atoms with van der Waals surface area (Å²) in [7, 11) is 0. The lowest BCUT2D eigenvalue weighted by molar-refractivity contribution is 0.0843. The second kappa shape index (κ2) is 5.71. The SMILES string of the molecule is Nc1ccc(Cl)cc1CN1CCCCC1CO. The van der Waals surface area contributed by atoms with Crippen LogP contribution in [0.2, 0.25) is 5.02 Å². The molecule has 1 fully saturated rings. The molecule has 1 atom stereocenters. The number of rotatable bonds is 3. The van der Waals surface area contributed by atoms with Crippen LogP contribution in [-0.2, 0) is 6.54 Å². The molecule has 1 heterocycles. The highest BCUT2D eigenvalue weighted by atomic mass is 35.5. The molecule has 0 spiro atoms. The lowest BCUT2D eigenvalue weighted by Gasteiger charge is -2.34. The Bertz CT molecular complexity index is 384. The predicted molar refractivity (Wildman–Crippen MR) is 71.0 cm³/mol. The number of aliphatic hydroxyl groups is 1. The smallest absolute Gasteiger partial charge is 0.0586 e. The fourth-order valence-corrected chi connectivity index (χ4v) is 2.60. The molecule has 1 aromatic carbocycles. The highest BCUT2D eigenvalue weighted by Crippen LogP contribution is 2.24. The van der Waals surface area contributed by atoms with Crippen molar-refractivity contribution in [3.05, 3.63) is 28.8 Å². The number of nitrogens with zero attached hydrogens (tertiary/aromatic N) is 1. The summed E-state index contributed by atoms with van der Waals surface area (Å²) in [6, 6.07) is 5.83. The first kappa shape index (κ1) is 12.7. The van der Waals surface area contributed by atoms with Crippen LogP contribution in [0.3, 0.4) is 0 Å². The molecule has 0 aromatic heterocycles. The average Bonchev–Trinajstić information content (AvgIpc) is 2.34. The van der Waals surface area contributed by atoms with Gasteiger partial charge in [-0.15, -0.1) is 0 Å². The van der Waals surface area contributed by atoms with Crippen LogP contribution in [0, 0.1) is 0 Å². The molecule has 4 heteroatoms. The first-order valence-electron chi connectivity index (χ1n) is 6.09. The maximum atomic E-state index is 9.36. The van der Waals surface area contributed by atoms with E-state index in [2.05, 4.69) is 4.90 Å². The fraction of sp³-hybridized carbons (Fsp3) is 0.538. The number of nitrogens with two attached hydrogens (primary N) is 1. The minimum absolute atomic E-state index is 0.223. The molecule has 0 amide bonds. The van der Waals surface area contributed by atoms with Crippen LogP contribution >= 0.6 is 11.6 Å². The molecule has 0 radical (unpaired) electrons. The number of halogens is 1. The molecule has 3 nitrogen and oxygen atoms in total. The minimum Gasteiger partial charge on any atom is -0.398 e. The number of hydrogen-bond donors (Lipinski definition) is 2. The van der Waals surface area contributed by atoms with Crippen molar-refractivity contribution in [1.82, 2.24) is 4.90 Å². The molecule has 0 saturated carbocycles. The van der Waals surface area contributed by atoms with E-state index in [1.807, 2.05) is 12.1 Å². The summed E-state index contributed by atoms with van der Waals surface area (Å²) in [6.45, 7) is 2.02. The second-order valence-electron chi connectivity index (χ2n) is 4.65. The van der Waals surface area contributed by atoms with Gasteiger partial charge in [0, 0.05) is 23.3 Å². The molecule has 17 heavy (non-hydrogen) atoms. The normalized spacial score (nSPS) is 21.6. The van der Waals surface area contributed by atoms with Crippen LogP contribution in [0.5, 0.6) is 0 Å². The van der Waals surface area contributed by atoms with Crippen LogP contribution < -0.4 is 5.73 Å². The van der Waals surface area contributed by atoms with Crippen molar-refractivity contribution in [2.45, 2.75) is 31.8 Å². The number of hydrogen-bond acceptors (Lipinski definition) is 3. The minimum atomic E-state index is 0.223. The van der Waals surface area contributed by atoms with Crippen LogP contribution in [0.1, 0.15) is 24.8 Å². The zero-order chi connectivity index (χ0) is 12.3. The van der Waals surface area contributed by atoms with Crippen molar-refractivity contribution >= 4 is 17.3 Å². The summed E-state index contributed by atoms with van der Waals surface area (Å²) < 4.78 is 0. The summed E-state index contributed by atoms with van der Waals surface area (Å²) >= 11 is 5.98. The van der Waals surface area contributed by atoms with Crippen molar-refractivity contribution in [3.8, 4) is 0 Å². The molecule has 2 rings (SSSR count). The molecule has 3 N–H and O–H groups in total. The van der Waals surface area contributed by atoms with Crippen molar-refractivity contribution in [2.75, 3.05) is 18.9 Å². The standard InChI is InChI=1S/C13H19ClN2O/c14-11-4-5-13(15)10(7-11)8-16-6-2-1-3-12(16)9-17/h4-5,7,12,17H,1-3,6,8-9,15H2. The molecular weight excluding hydrogens is 236 g/mol. The summed E-state index contributed by atoms with van der Waals surface area (Å²) in [6.07, 6.45) is 3.46. The zero-order valence-corrected chi connectivity index (χ0v) is 10.7. The van der Waals surface area contributed by atoms with E-state index in [0.717, 1.165) is 30.8 Å². The number of anilines is 1. The topological polar surface area (TPSA) is 49.5 Å². The number of benzene rings is 1. The van der Waals surface area contributed by atoms with Gasteiger partial charge < -0.3 is 10.8 Å². The molecule has 0 aliphatic carbocycles. The summed E-state index contributed by atoms with van der Waals surface area (Å²) in [4.78, 5) is 2.30. The third-order valence-electron chi connectivity index (χ3n) is 3.44. The molecule has 1 aliphatic heterocycles. The van der Waals surface area contributed by atoms with E-state index < -0.39 is 0 Å². The van der Waals surface area contributed by atoms with E-state index in [9.17, 15) is 5.11 Å². The fourth-order valence-electron chi connectivity index (χ4n) is 2.40. The summed E-state index contributed by atoms with van der Waals surface area (Å²) in [5, 5.41) is 10.1. The van der Waals surface area contributed by atoms with E-state index in [0.29, 0.717) is 5.02 Å². The van der Waals surface area contributed by atoms with E-state index in [1.165, 1.54) is 12.8 Å². The number of likely N-dealkylation sites (tertiary alicyclic amines) is 1. The Hall–Kier alpha value is -0.770. The highest BCUT2D eigenvalue weighted by Gasteiger charge is 2.22. The molecule has 1 saturated heterocycles. The molecular formula is C13H19ClN2O. The van der Waals surface area contributed by atoms with Gasteiger partial charge >= 0.3 is 0 Å². The average molecular weight is 255 g/mol. The van der Waals surface area contributed by atoms with Crippen molar-refractivity contribution in [3.63, 3.8) is 0 Å². The van der Waals surface area contributed by atoms with Crippen molar-refractivity contribution in [2.24, 2.45) is 0 Å². The first-order chi connectivity index (χ1) is 8.20. The van der Waals surface area contributed by atoms with E-state index in [4.69, 9.17) is 17.3 Å². The van der Waals surface area contributed by atoms with Gasteiger partial charge in [-0.1, -0.05) is 18.0 Å². The Labute approximate surface area is 107 Å². The largest absolute Gasteiger partial charge is 0.398 e. The summed E-state index contributed by atoms with van der Waals surface area (Å²) in [5.41, 5.74) is 7.77. The third-order valence-corrected chi connectivity index (χ3v) is 3.67. The van der Waals surface area contributed by atoms with Crippen LogP contribution in [0.4, 0.5) is 5.69 Å². The molecule has 94 valence electrons. The second-order valence-corrected chi connectivity index (χ2v) is 5.08. The lowest BCUT2D eigenvalue weighted by Crippen LogP contribution is -2.41. The van der Waals surface area contributed by atoms with Crippen LogP contribution in [-0.4, -0.2) is 29.2 Å². The van der Waals surface area contributed by atoms with Gasteiger partial charge in [-0.2, -0.15) is 0 Å². The Kier molecular flexibility index (Phi) is 4.26. The molecule has 1 aliphatic rings. The highest BCUT2D eigenvalue weighted by molar-refractivity contribution is 6.30. The van der Waals surface area contributed by atoms with E-state index in [-0.39, 0.29) is 12.6 Å². The number of aliphatic hydroxyl groups excluding tert-OH is 1. The van der Waals surface area contributed by atoms with Crippen LogP contribution in [0.25, 0.3) is 0 Å². The van der Waals surface area contributed by atoms with Gasteiger partial charge in [0.2, 0.25) is 0 Å². The zero-order valence-electron chi connectivity index (χ0n) is 9.90. The maximum absolute atomic E-state index is 9.36. The predicted octanol–water partition coefficient (Wildman–Crippen LogP) is 2.27. The van der Waals surface area contributed by atoms with Gasteiger partial charge in [-0.3, -0.25) is 4.90 Å². The van der Waals surface area contributed by atoms with E-state index in [1.54, 1.807) is 6.07 Å². The third kappa shape index (κ3) is 3.12. The van der Waals surface area contributed by atoms with Gasteiger partial charge in [-0.25, -0.2) is 0 Å². The first-order valence-corrected chi connectivity index (χ1v) is 6.47. The number of piperidine rings is 1. The van der Waals surface area contributed by atoms with Gasteiger partial charge in [0.1, 0.15) is 0 Å². The Morgan fingerprint density at radius 2 is 2.24 bits per heavy atom. The Balaban J connectivity index is 2.10. The van der Waals surface area contributed by atoms with Gasteiger partial charge in [0.15, 0.2) is 0 Å². The lowest BCUT2D eigenvalue weighted by atomic mass is 10.0. The molecule has 1 aromatic rings.